The van der Waals surface area contributed by atoms with Crippen LogP contribution in [0.4, 0.5) is 17.1 Å². The molecule has 12 aromatic rings. The number of anilines is 3. The summed E-state index contributed by atoms with van der Waals surface area (Å²) in [6, 6.07) is 76.7. The van der Waals surface area contributed by atoms with E-state index in [1.54, 1.807) is 0 Å². The van der Waals surface area contributed by atoms with Crippen LogP contribution in [0.5, 0.6) is 0 Å². The first-order valence-electron chi connectivity index (χ1n) is 20.2. The minimum Gasteiger partial charge on any atom is -0.310 e. The van der Waals surface area contributed by atoms with Crippen LogP contribution in [0.25, 0.3) is 90.7 Å². The second kappa shape index (κ2) is 14.2. The van der Waals surface area contributed by atoms with Gasteiger partial charge < -0.3 is 4.90 Å². The van der Waals surface area contributed by atoms with Crippen LogP contribution in [0.1, 0.15) is 0 Å². The number of para-hydroxylation sites is 2. The predicted molar refractivity (Wildman–Crippen MR) is 258 cm³/mol. The van der Waals surface area contributed by atoms with Gasteiger partial charge in [-0.25, -0.2) is 4.98 Å². The highest BCUT2D eigenvalue weighted by molar-refractivity contribution is 7.26. The molecular formula is C55H35N3S2. The molecule has 9 aromatic carbocycles. The minimum atomic E-state index is 0.929. The third-order valence-electron chi connectivity index (χ3n) is 11.6. The molecule has 0 aliphatic rings. The fraction of sp³-hybridized carbons (Fsp3) is 0. The average Bonchev–Trinajstić information content (AvgIpc) is 4.01. The van der Waals surface area contributed by atoms with Crippen LogP contribution in [0.3, 0.4) is 0 Å². The van der Waals surface area contributed by atoms with E-state index in [2.05, 4.69) is 222 Å². The largest absolute Gasteiger partial charge is 0.310 e. The maximum Gasteiger partial charge on any atom is 0.145 e. The molecule has 0 atom stereocenters. The zero-order chi connectivity index (χ0) is 39.6. The average molecular weight is 802 g/mol. The van der Waals surface area contributed by atoms with Gasteiger partial charge in [-0.3, -0.25) is 4.57 Å². The second-order valence-corrected chi connectivity index (χ2v) is 17.3. The molecule has 0 fully saturated rings. The summed E-state index contributed by atoms with van der Waals surface area (Å²) in [5, 5.41) is 5.22. The van der Waals surface area contributed by atoms with Crippen LogP contribution >= 0.6 is 22.7 Å². The summed E-state index contributed by atoms with van der Waals surface area (Å²) in [5.74, 6) is 0.929. The van der Waals surface area contributed by atoms with E-state index in [0.29, 0.717) is 0 Å². The number of benzene rings is 9. The zero-order valence-corrected chi connectivity index (χ0v) is 34.0. The van der Waals surface area contributed by atoms with Gasteiger partial charge >= 0.3 is 0 Å². The molecule has 0 spiro atoms. The predicted octanol–water partition coefficient (Wildman–Crippen LogP) is 16.2. The van der Waals surface area contributed by atoms with Gasteiger partial charge in [0.25, 0.3) is 0 Å². The van der Waals surface area contributed by atoms with E-state index >= 15 is 0 Å². The van der Waals surface area contributed by atoms with Gasteiger partial charge in [0, 0.05) is 74.2 Å². The molecule has 0 amide bonds. The van der Waals surface area contributed by atoms with Gasteiger partial charge in [-0.2, -0.15) is 0 Å². The Hall–Kier alpha value is -7.31. The summed E-state index contributed by atoms with van der Waals surface area (Å²) >= 11 is 3.72. The molecule has 0 radical (unpaired) electrons. The number of hydrogen-bond donors (Lipinski definition) is 0. The molecule has 0 N–H and O–H groups in total. The van der Waals surface area contributed by atoms with E-state index in [1.165, 1.54) is 40.3 Å². The summed E-state index contributed by atoms with van der Waals surface area (Å²) in [5.41, 5.74) is 12.2. The van der Waals surface area contributed by atoms with Gasteiger partial charge in [-0.15, -0.1) is 22.7 Å². The number of rotatable bonds is 7. The number of imidazole rings is 1. The van der Waals surface area contributed by atoms with E-state index in [0.717, 1.165) is 67.4 Å². The SMILES string of the molecule is c1ccc(-c2nc3c(-c4cccc(-c5ccc(N(c6ccc7c(c6)sc6ccccc67)c6ccc7c(c6)sc6ccccc67)cc5)c4)cccc3n2-c2ccccc2)cc1. The summed E-state index contributed by atoms with van der Waals surface area (Å²) < 4.78 is 7.47. The number of hydrogen-bond acceptors (Lipinski definition) is 4. The third kappa shape index (κ3) is 5.82. The molecule has 0 saturated heterocycles. The first-order valence-corrected chi connectivity index (χ1v) is 21.8. The second-order valence-electron chi connectivity index (χ2n) is 15.2. The fourth-order valence-corrected chi connectivity index (χ4v) is 11.1. The van der Waals surface area contributed by atoms with Crippen LogP contribution in [0.15, 0.2) is 212 Å². The monoisotopic (exact) mass is 801 g/mol. The molecule has 0 bridgehead atoms. The summed E-state index contributed by atoms with van der Waals surface area (Å²) in [6.45, 7) is 0. The van der Waals surface area contributed by atoms with Crippen molar-refractivity contribution < 1.29 is 0 Å². The lowest BCUT2D eigenvalue weighted by Gasteiger charge is -2.26. The first-order chi connectivity index (χ1) is 29.7. The van der Waals surface area contributed by atoms with E-state index in [4.69, 9.17) is 4.98 Å². The molecule has 5 heteroatoms. The molecule has 3 heterocycles. The maximum atomic E-state index is 5.35. The Morgan fingerprint density at radius 2 is 0.900 bits per heavy atom. The van der Waals surface area contributed by atoms with Gasteiger partial charge in [0.05, 0.1) is 11.0 Å². The number of aromatic nitrogens is 2. The zero-order valence-electron chi connectivity index (χ0n) is 32.4. The number of thiophene rings is 2. The highest BCUT2D eigenvalue weighted by Gasteiger charge is 2.19. The van der Waals surface area contributed by atoms with Gasteiger partial charge in [-0.05, 0) is 89.5 Å². The molecule has 0 saturated carbocycles. The minimum absolute atomic E-state index is 0.929. The van der Waals surface area contributed by atoms with Crippen LogP contribution in [0.2, 0.25) is 0 Å². The van der Waals surface area contributed by atoms with E-state index in [1.807, 2.05) is 22.7 Å². The summed E-state index contributed by atoms with van der Waals surface area (Å²) in [4.78, 5) is 7.75. The quantitative estimate of drug-likeness (QED) is 0.160. The van der Waals surface area contributed by atoms with Gasteiger partial charge in [-0.1, -0.05) is 140 Å². The van der Waals surface area contributed by atoms with Crippen molar-refractivity contribution in [2.45, 2.75) is 0 Å². The Morgan fingerprint density at radius 1 is 0.367 bits per heavy atom. The maximum absolute atomic E-state index is 5.35. The Kier molecular flexibility index (Phi) is 8.22. The van der Waals surface area contributed by atoms with Gasteiger partial charge in [0.1, 0.15) is 5.82 Å². The lowest BCUT2D eigenvalue weighted by atomic mass is 9.98. The molecule has 0 unspecified atom stereocenters. The van der Waals surface area contributed by atoms with Crippen LogP contribution in [-0.2, 0) is 0 Å². The van der Waals surface area contributed by atoms with Gasteiger partial charge in [0.15, 0.2) is 0 Å². The Balaban J connectivity index is 0.953. The summed E-state index contributed by atoms with van der Waals surface area (Å²) in [6.07, 6.45) is 0. The standard InChI is InChI=1S/C55H35N3S2/c1-3-13-37(14-4-1)55-56-54-44(21-12-22-49(54)58(55)40-17-5-2-6-18-40)39-16-11-15-38(33-39)36-25-27-41(28-26-36)57(42-29-31-47-45-19-7-9-23-50(45)59-52(47)34-42)43-30-32-48-46-20-8-10-24-51(46)60-53(48)35-43/h1-35H. The van der Waals surface area contributed by atoms with Crippen molar-refractivity contribution in [3.63, 3.8) is 0 Å². The molecule has 3 nitrogen and oxygen atoms in total. The third-order valence-corrected chi connectivity index (χ3v) is 13.9. The van der Waals surface area contributed by atoms with Crippen molar-refractivity contribution in [2.24, 2.45) is 0 Å². The van der Waals surface area contributed by atoms with Crippen LogP contribution in [-0.4, -0.2) is 9.55 Å². The number of fused-ring (bicyclic) bond motifs is 7. The Labute approximate surface area is 355 Å². The lowest BCUT2D eigenvalue weighted by molar-refractivity contribution is 1.10. The molecule has 282 valence electrons. The van der Waals surface area contributed by atoms with E-state index < -0.39 is 0 Å². The van der Waals surface area contributed by atoms with Crippen molar-refractivity contribution in [3.8, 4) is 39.3 Å². The highest BCUT2D eigenvalue weighted by atomic mass is 32.1. The van der Waals surface area contributed by atoms with Crippen LogP contribution in [0, 0.1) is 0 Å². The normalized spacial score (nSPS) is 11.7. The van der Waals surface area contributed by atoms with Crippen molar-refractivity contribution in [2.75, 3.05) is 4.90 Å². The molecular weight excluding hydrogens is 767 g/mol. The molecule has 3 aromatic heterocycles. The molecule has 60 heavy (non-hydrogen) atoms. The first kappa shape index (κ1) is 34.7. The summed E-state index contributed by atoms with van der Waals surface area (Å²) in [7, 11) is 0. The highest BCUT2D eigenvalue weighted by Crippen LogP contribution is 2.44. The van der Waals surface area contributed by atoms with E-state index in [-0.39, 0.29) is 0 Å². The van der Waals surface area contributed by atoms with E-state index in [9.17, 15) is 0 Å². The van der Waals surface area contributed by atoms with Crippen molar-refractivity contribution in [1.29, 1.82) is 0 Å². The fourth-order valence-electron chi connectivity index (χ4n) is 8.78. The Morgan fingerprint density at radius 3 is 1.57 bits per heavy atom. The molecule has 12 rings (SSSR count). The molecule has 0 aliphatic carbocycles. The van der Waals surface area contributed by atoms with Crippen LogP contribution < -0.4 is 4.90 Å². The lowest BCUT2D eigenvalue weighted by Crippen LogP contribution is -2.09. The molecule has 0 aliphatic heterocycles. The van der Waals surface area contributed by atoms with Crippen molar-refractivity contribution in [3.05, 3.63) is 212 Å². The Bertz CT molecular complexity index is 3430. The van der Waals surface area contributed by atoms with Crippen molar-refractivity contribution in [1.82, 2.24) is 9.55 Å². The van der Waals surface area contributed by atoms with Crippen molar-refractivity contribution >= 4 is 91.1 Å². The van der Waals surface area contributed by atoms with Gasteiger partial charge in [0.2, 0.25) is 0 Å². The topological polar surface area (TPSA) is 21.1 Å². The number of nitrogens with zero attached hydrogens (tertiary/aromatic N) is 3. The smallest absolute Gasteiger partial charge is 0.145 e.